The Bertz CT molecular complexity index is 235. The van der Waals surface area contributed by atoms with E-state index in [1.807, 2.05) is 12.1 Å². The monoisotopic (exact) mass is 185 g/mol. The van der Waals surface area contributed by atoms with Gasteiger partial charge in [-0.25, -0.2) is 0 Å². The molecular formula is C9H12ClNO. The fourth-order valence-electron chi connectivity index (χ4n) is 0.976. The second kappa shape index (κ2) is 4.45. The van der Waals surface area contributed by atoms with Gasteiger partial charge in [-0.1, -0.05) is 23.7 Å². The van der Waals surface area contributed by atoms with Crippen LogP contribution < -0.4 is 5.73 Å². The molecular weight excluding hydrogens is 174 g/mol. The molecule has 0 aromatic heterocycles. The molecule has 3 N–H and O–H groups in total. The fourth-order valence-corrected chi connectivity index (χ4v) is 1.10. The van der Waals surface area contributed by atoms with Gasteiger partial charge in [-0.05, 0) is 24.1 Å². The zero-order valence-corrected chi connectivity index (χ0v) is 7.46. The molecule has 3 heteroatoms. The van der Waals surface area contributed by atoms with Gasteiger partial charge >= 0.3 is 0 Å². The summed E-state index contributed by atoms with van der Waals surface area (Å²) in [5, 5.41) is 9.93. The Morgan fingerprint density at radius 1 is 1.33 bits per heavy atom. The Hall–Kier alpha value is -0.570. The van der Waals surface area contributed by atoms with Crippen molar-refractivity contribution in [3.8, 4) is 0 Å². The highest BCUT2D eigenvalue weighted by atomic mass is 35.5. The van der Waals surface area contributed by atoms with Crippen LogP contribution in [0.5, 0.6) is 0 Å². The number of nitrogens with two attached hydrogens (primary N) is 1. The maximum atomic E-state index is 9.22. The zero-order valence-electron chi connectivity index (χ0n) is 6.70. The number of rotatable bonds is 3. The molecule has 1 rings (SSSR count). The second-order valence-electron chi connectivity index (χ2n) is 2.72. The molecule has 0 saturated heterocycles. The van der Waals surface area contributed by atoms with Gasteiger partial charge in [0.15, 0.2) is 0 Å². The van der Waals surface area contributed by atoms with Crippen LogP contribution in [-0.4, -0.2) is 17.8 Å². The molecule has 0 heterocycles. The second-order valence-corrected chi connectivity index (χ2v) is 3.16. The van der Waals surface area contributed by atoms with Crippen LogP contribution in [0.15, 0.2) is 24.3 Å². The van der Waals surface area contributed by atoms with Crippen molar-refractivity contribution < 1.29 is 5.11 Å². The summed E-state index contributed by atoms with van der Waals surface area (Å²) in [5.74, 6) is 0. The average Bonchev–Trinajstić information content (AvgIpc) is 2.09. The molecule has 0 aliphatic carbocycles. The Kier molecular flexibility index (Phi) is 3.53. The number of benzene rings is 1. The molecule has 1 atom stereocenters. The van der Waals surface area contributed by atoms with E-state index in [0.717, 1.165) is 5.56 Å². The van der Waals surface area contributed by atoms with Crippen LogP contribution in [0.25, 0.3) is 0 Å². The lowest BCUT2D eigenvalue weighted by atomic mass is 10.1. The molecule has 0 aliphatic heterocycles. The number of hydrogen-bond donors (Lipinski definition) is 2. The lowest BCUT2D eigenvalue weighted by Gasteiger charge is -2.06. The number of halogens is 1. The van der Waals surface area contributed by atoms with Crippen LogP contribution in [0.3, 0.4) is 0 Å². The fraction of sp³-hybridized carbons (Fsp3) is 0.333. The van der Waals surface area contributed by atoms with E-state index in [4.69, 9.17) is 17.3 Å². The van der Waals surface area contributed by atoms with Crippen molar-refractivity contribution in [2.75, 3.05) is 6.54 Å². The predicted octanol–water partition coefficient (Wildman–Crippen LogP) is 1.20. The van der Waals surface area contributed by atoms with Crippen molar-refractivity contribution in [1.29, 1.82) is 0 Å². The molecule has 1 aromatic carbocycles. The van der Waals surface area contributed by atoms with E-state index in [2.05, 4.69) is 0 Å². The summed E-state index contributed by atoms with van der Waals surface area (Å²) < 4.78 is 0. The van der Waals surface area contributed by atoms with Crippen LogP contribution in [0, 0.1) is 0 Å². The van der Waals surface area contributed by atoms with Crippen molar-refractivity contribution in [3.63, 3.8) is 0 Å². The highest BCUT2D eigenvalue weighted by Crippen LogP contribution is 2.10. The molecule has 2 nitrogen and oxygen atoms in total. The topological polar surface area (TPSA) is 46.2 Å². The molecule has 0 fully saturated rings. The van der Waals surface area contributed by atoms with E-state index in [1.54, 1.807) is 12.1 Å². The zero-order chi connectivity index (χ0) is 8.97. The maximum absolute atomic E-state index is 9.22. The van der Waals surface area contributed by atoms with Crippen LogP contribution in [0.2, 0.25) is 5.02 Å². The third kappa shape index (κ3) is 2.81. The summed E-state index contributed by atoms with van der Waals surface area (Å²) in [6.07, 6.45) is 0.138. The average molecular weight is 186 g/mol. The van der Waals surface area contributed by atoms with Crippen molar-refractivity contribution in [3.05, 3.63) is 34.9 Å². The number of aliphatic hydroxyl groups excluding tert-OH is 1. The van der Waals surface area contributed by atoms with E-state index in [1.165, 1.54) is 0 Å². The predicted molar refractivity (Wildman–Crippen MR) is 50.2 cm³/mol. The van der Waals surface area contributed by atoms with Crippen molar-refractivity contribution >= 4 is 11.6 Å². The minimum Gasteiger partial charge on any atom is -0.391 e. The molecule has 0 saturated carbocycles. The van der Waals surface area contributed by atoms with Crippen LogP contribution in [0.4, 0.5) is 0 Å². The third-order valence-corrected chi connectivity index (χ3v) is 1.91. The van der Waals surface area contributed by atoms with E-state index in [9.17, 15) is 5.11 Å². The van der Waals surface area contributed by atoms with Crippen molar-refractivity contribution in [2.24, 2.45) is 5.73 Å². The largest absolute Gasteiger partial charge is 0.391 e. The highest BCUT2D eigenvalue weighted by molar-refractivity contribution is 6.30. The highest BCUT2D eigenvalue weighted by Gasteiger charge is 2.01. The normalized spacial score (nSPS) is 12.9. The van der Waals surface area contributed by atoms with Gasteiger partial charge in [0.2, 0.25) is 0 Å². The minimum atomic E-state index is -0.453. The summed E-state index contributed by atoms with van der Waals surface area (Å²) in [7, 11) is 0. The first kappa shape index (κ1) is 9.52. The lowest BCUT2D eigenvalue weighted by molar-refractivity contribution is 0.183. The van der Waals surface area contributed by atoms with Crippen LogP contribution >= 0.6 is 11.6 Å². The maximum Gasteiger partial charge on any atom is 0.0702 e. The SMILES string of the molecule is NC[C@H](O)Cc1ccc(Cl)cc1. The summed E-state index contributed by atoms with van der Waals surface area (Å²) in [5.41, 5.74) is 6.33. The molecule has 0 bridgehead atoms. The van der Waals surface area contributed by atoms with Crippen LogP contribution in [-0.2, 0) is 6.42 Å². The van der Waals surface area contributed by atoms with Gasteiger partial charge in [0.1, 0.15) is 0 Å². The van der Waals surface area contributed by atoms with Gasteiger partial charge in [-0.2, -0.15) is 0 Å². The first-order valence-corrected chi connectivity index (χ1v) is 4.22. The van der Waals surface area contributed by atoms with Gasteiger partial charge < -0.3 is 10.8 Å². The number of aliphatic hydroxyl groups is 1. The van der Waals surface area contributed by atoms with Crippen molar-refractivity contribution in [1.82, 2.24) is 0 Å². The summed E-state index contributed by atoms with van der Waals surface area (Å²) >= 11 is 5.69. The van der Waals surface area contributed by atoms with Gasteiger partial charge in [0, 0.05) is 11.6 Å². The Morgan fingerprint density at radius 2 is 1.92 bits per heavy atom. The Balaban J connectivity index is 2.58. The summed E-state index contributed by atoms with van der Waals surface area (Å²) in [6.45, 7) is 0.294. The van der Waals surface area contributed by atoms with Crippen molar-refractivity contribution in [2.45, 2.75) is 12.5 Å². The Morgan fingerprint density at radius 3 is 2.42 bits per heavy atom. The standard InChI is InChI=1S/C9H12ClNO/c10-8-3-1-7(2-4-8)5-9(12)6-11/h1-4,9,12H,5-6,11H2/t9-/m1/s1. The smallest absolute Gasteiger partial charge is 0.0702 e. The van der Waals surface area contributed by atoms with E-state index in [0.29, 0.717) is 18.0 Å². The third-order valence-electron chi connectivity index (χ3n) is 1.66. The van der Waals surface area contributed by atoms with E-state index < -0.39 is 6.10 Å². The molecule has 0 amide bonds. The molecule has 0 spiro atoms. The molecule has 12 heavy (non-hydrogen) atoms. The molecule has 66 valence electrons. The summed E-state index contributed by atoms with van der Waals surface area (Å²) in [4.78, 5) is 0. The molecule has 0 radical (unpaired) electrons. The lowest BCUT2D eigenvalue weighted by Crippen LogP contribution is -2.21. The molecule has 0 aliphatic rings. The van der Waals surface area contributed by atoms with E-state index >= 15 is 0 Å². The van der Waals surface area contributed by atoms with E-state index in [-0.39, 0.29) is 0 Å². The minimum absolute atomic E-state index is 0.294. The quantitative estimate of drug-likeness (QED) is 0.744. The van der Waals surface area contributed by atoms with Gasteiger partial charge in [0.05, 0.1) is 6.10 Å². The Labute approximate surface area is 77.0 Å². The summed E-state index contributed by atoms with van der Waals surface area (Å²) in [6, 6.07) is 7.39. The van der Waals surface area contributed by atoms with Gasteiger partial charge in [-0.15, -0.1) is 0 Å². The van der Waals surface area contributed by atoms with Gasteiger partial charge in [0.25, 0.3) is 0 Å². The first-order chi connectivity index (χ1) is 5.72. The molecule has 0 unspecified atom stereocenters. The van der Waals surface area contributed by atoms with Gasteiger partial charge in [-0.3, -0.25) is 0 Å². The molecule has 1 aromatic rings. The first-order valence-electron chi connectivity index (χ1n) is 3.85. The van der Waals surface area contributed by atoms with Crippen LogP contribution in [0.1, 0.15) is 5.56 Å². The number of hydrogen-bond acceptors (Lipinski definition) is 2.